The lowest BCUT2D eigenvalue weighted by molar-refractivity contribution is -0.163. The molecule has 0 bridgehead atoms. The smallest absolute Gasteiger partial charge is 0.347 e. The summed E-state index contributed by atoms with van der Waals surface area (Å²) in [5.41, 5.74) is 1.01. The molecular formula is C16H20N2O5. The summed E-state index contributed by atoms with van der Waals surface area (Å²) in [6, 6.07) is 6.80. The summed E-state index contributed by atoms with van der Waals surface area (Å²) in [5, 5.41) is 2.52. The first kappa shape index (κ1) is 16.8. The number of nitrogens with zero attached hydrogens (tertiary/aromatic N) is 1. The number of ether oxygens (including phenoxy) is 2. The zero-order chi connectivity index (χ0) is 17.0. The van der Waals surface area contributed by atoms with E-state index >= 15 is 0 Å². The molecule has 1 N–H and O–H groups in total. The summed E-state index contributed by atoms with van der Waals surface area (Å²) in [6.45, 7) is 5.57. The van der Waals surface area contributed by atoms with Crippen LogP contribution < -0.4 is 10.1 Å². The highest BCUT2D eigenvalue weighted by molar-refractivity contribution is 5.98. The molecule has 23 heavy (non-hydrogen) atoms. The van der Waals surface area contributed by atoms with Crippen molar-refractivity contribution in [2.45, 2.75) is 33.0 Å². The molecule has 1 heterocycles. The third kappa shape index (κ3) is 4.21. The number of carbonyl (C=O) groups excluding carboxylic acids is 3. The van der Waals surface area contributed by atoms with Gasteiger partial charge in [-0.25, -0.2) is 9.59 Å². The Morgan fingerprint density at radius 2 is 2.00 bits per heavy atom. The number of urea groups is 1. The topological polar surface area (TPSA) is 84.9 Å². The first-order valence-corrected chi connectivity index (χ1v) is 7.41. The van der Waals surface area contributed by atoms with Crippen LogP contribution in [0.2, 0.25) is 0 Å². The van der Waals surface area contributed by atoms with Crippen LogP contribution in [0, 0.1) is 6.92 Å². The van der Waals surface area contributed by atoms with Gasteiger partial charge in [-0.3, -0.25) is 9.69 Å². The van der Waals surface area contributed by atoms with Crippen LogP contribution in [0.25, 0.3) is 0 Å². The number of hydrogen-bond donors (Lipinski definition) is 1. The van der Waals surface area contributed by atoms with E-state index in [1.54, 1.807) is 19.1 Å². The van der Waals surface area contributed by atoms with Crippen LogP contribution in [0.4, 0.5) is 4.79 Å². The number of aryl methyl sites for hydroxylation is 1. The maximum atomic E-state index is 12.1. The second-order valence-electron chi connectivity index (χ2n) is 5.38. The normalized spacial score (nSPS) is 16.5. The van der Waals surface area contributed by atoms with Crippen molar-refractivity contribution < 1.29 is 23.9 Å². The monoisotopic (exact) mass is 320 g/mol. The van der Waals surface area contributed by atoms with E-state index < -0.39 is 30.1 Å². The van der Waals surface area contributed by atoms with E-state index in [9.17, 15) is 14.4 Å². The first-order chi connectivity index (χ1) is 10.9. The fraction of sp³-hybridized carbons (Fsp3) is 0.438. The van der Waals surface area contributed by atoms with Crippen LogP contribution in [0.3, 0.4) is 0 Å². The van der Waals surface area contributed by atoms with Crippen molar-refractivity contribution in [1.82, 2.24) is 10.2 Å². The van der Waals surface area contributed by atoms with Gasteiger partial charge < -0.3 is 14.8 Å². The zero-order valence-electron chi connectivity index (χ0n) is 13.4. The minimum absolute atomic E-state index is 0.273. The second kappa shape index (κ2) is 7.13. The molecule has 0 aromatic heterocycles. The molecule has 1 aliphatic rings. The highest BCUT2D eigenvalue weighted by atomic mass is 16.6. The third-order valence-electron chi connectivity index (χ3n) is 3.40. The van der Waals surface area contributed by atoms with Crippen molar-refractivity contribution in [3.63, 3.8) is 0 Å². The molecule has 2 rings (SSSR count). The highest BCUT2D eigenvalue weighted by Crippen LogP contribution is 2.15. The summed E-state index contributed by atoms with van der Waals surface area (Å²) < 4.78 is 10.6. The Morgan fingerprint density at radius 3 is 2.61 bits per heavy atom. The molecule has 7 heteroatoms. The molecule has 0 aliphatic carbocycles. The SMILES string of the molecule is Cc1cccc(O[C@@H](C)C(=O)O[C@@H](C)C(=O)N2CCNC2=O)c1. The Labute approximate surface area is 134 Å². The maximum absolute atomic E-state index is 12.1. The number of nitrogens with one attached hydrogen (secondary N) is 1. The van der Waals surface area contributed by atoms with Crippen molar-refractivity contribution in [3.05, 3.63) is 29.8 Å². The van der Waals surface area contributed by atoms with Gasteiger partial charge in [-0.2, -0.15) is 0 Å². The lowest BCUT2D eigenvalue weighted by Gasteiger charge is -2.20. The fourth-order valence-corrected chi connectivity index (χ4v) is 2.16. The van der Waals surface area contributed by atoms with E-state index in [2.05, 4.69) is 5.32 Å². The maximum Gasteiger partial charge on any atom is 0.347 e. The van der Waals surface area contributed by atoms with Gasteiger partial charge in [0.25, 0.3) is 5.91 Å². The summed E-state index contributed by atoms with van der Waals surface area (Å²) in [6.07, 6.45) is -1.91. The molecule has 124 valence electrons. The Balaban J connectivity index is 1.89. The van der Waals surface area contributed by atoms with Gasteiger partial charge in [0.05, 0.1) is 0 Å². The highest BCUT2D eigenvalue weighted by Gasteiger charge is 2.32. The molecule has 2 atom stereocenters. The zero-order valence-corrected chi connectivity index (χ0v) is 13.4. The predicted molar refractivity (Wildman–Crippen MR) is 81.9 cm³/mol. The average molecular weight is 320 g/mol. The van der Waals surface area contributed by atoms with Gasteiger partial charge in [-0.1, -0.05) is 12.1 Å². The van der Waals surface area contributed by atoms with Crippen LogP contribution in [0.5, 0.6) is 5.75 Å². The van der Waals surface area contributed by atoms with Crippen LogP contribution in [0.15, 0.2) is 24.3 Å². The van der Waals surface area contributed by atoms with E-state index in [4.69, 9.17) is 9.47 Å². The van der Waals surface area contributed by atoms with E-state index in [1.807, 2.05) is 19.1 Å². The Morgan fingerprint density at radius 1 is 1.26 bits per heavy atom. The van der Waals surface area contributed by atoms with Gasteiger partial charge in [0.15, 0.2) is 12.2 Å². The molecule has 0 saturated carbocycles. The largest absolute Gasteiger partial charge is 0.479 e. The fourth-order valence-electron chi connectivity index (χ4n) is 2.16. The minimum Gasteiger partial charge on any atom is -0.479 e. The average Bonchev–Trinajstić information content (AvgIpc) is 2.92. The predicted octanol–water partition coefficient (Wildman–Crippen LogP) is 1.25. The van der Waals surface area contributed by atoms with Gasteiger partial charge >= 0.3 is 12.0 Å². The Kier molecular flexibility index (Phi) is 5.20. The van der Waals surface area contributed by atoms with E-state index in [1.165, 1.54) is 6.92 Å². The van der Waals surface area contributed by atoms with Crippen LogP contribution >= 0.6 is 0 Å². The molecular weight excluding hydrogens is 300 g/mol. The number of benzene rings is 1. The lowest BCUT2D eigenvalue weighted by atomic mass is 10.2. The molecule has 1 fully saturated rings. The number of esters is 1. The van der Waals surface area contributed by atoms with Gasteiger partial charge in [-0.05, 0) is 38.5 Å². The van der Waals surface area contributed by atoms with E-state index in [0.29, 0.717) is 12.3 Å². The van der Waals surface area contributed by atoms with Crippen molar-refractivity contribution >= 4 is 17.9 Å². The molecule has 1 aromatic rings. The number of hydrogen-bond acceptors (Lipinski definition) is 5. The Bertz CT molecular complexity index is 616. The molecule has 1 aliphatic heterocycles. The summed E-state index contributed by atoms with van der Waals surface area (Å²) in [7, 11) is 0. The van der Waals surface area contributed by atoms with E-state index in [-0.39, 0.29) is 6.54 Å². The van der Waals surface area contributed by atoms with Gasteiger partial charge in [0.1, 0.15) is 5.75 Å². The van der Waals surface area contributed by atoms with Gasteiger partial charge in [0.2, 0.25) is 0 Å². The van der Waals surface area contributed by atoms with Gasteiger partial charge in [0, 0.05) is 13.1 Å². The van der Waals surface area contributed by atoms with Crippen LogP contribution in [-0.2, 0) is 14.3 Å². The van der Waals surface area contributed by atoms with Crippen molar-refractivity contribution in [1.29, 1.82) is 0 Å². The van der Waals surface area contributed by atoms with Crippen LogP contribution in [0.1, 0.15) is 19.4 Å². The summed E-state index contributed by atoms with van der Waals surface area (Å²) in [4.78, 5) is 36.6. The van der Waals surface area contributed by atoms with Crippen molar-refractivity contribution in [2.24, 2.45) is 0 Å². The van der Waals surface area contributed by atoms with Crippen molar-refractivity contribution in [3.8, 4) is 5.75 Å². The summed E-state index contributed by atoms with van der Waals surface area (Å²) >= 11 is 0. The standard InChI is InChI=1S/C16H20N2O5/c1-10-5-4-6-13(9-10)22-12(3)15(20)23-11(2)14(19)18-8-7-17-16(18)21/h4-6,9,11-12H,7-8H2,1-3H3,(H,17,21)/t11-,12-/m0/s1. The number of imide groups is 1. The van der Waals surface area contributed by atoms with Gasteiger partial charge in [-0.15, -0.1) is 0 Å². The molecule has 0 radical (unpaired) electrons. The lowest BCUT2D eigenvalue weighted by Crippen LogP contribution is -2.43. The quantitative estimate of drug-likeness (QED) is 0.825. The third-order valence-corrected chi connectivity index (χ3v) is 3.40. The molecule has 3 amide bonds. The number of rotatable bonds is 5. The molecule has 0 spiro atoms. The van der Waals surface area contributed by atoms with Crippen molar-refractivity contribution in [2.75, 3.05) is 13.1 Å². The minimum atomic E-state index is -1.05. The van der Waals surface area contributed by atoms with E-state index in [0.717, 1.165) is 10.5 Å². The summed E-state index contributed by atoms with van der Waals surface area (Å²) in [5.74, 6) is -0.657. The molecule has 0 unspecified atom stereocenters. The molecule has 7 nitrogen and oxygen atoms in total. The Hall–Kier alpha value is -2.57. The molecule has 1 aromatic carbocycles. The van der Waals surface area contributed by atoms with Crippen LogP contribution in [-0.4, -0.2) is 48.1 Å². The molecule has 1 saturated heterocycles. The first-order valence-electron chi connectivity index (χ1n) is 7.41. The second-order valence-corrected chi connectivity index (χ2v) is 5.38. The number of amides is 3. The number of carbonyl (C=O) groups is 3.